The van der Waals surface area contributed by atoms with E-state index in [1.807, 2.05) is 14.0 Å². The average molecular weight is 349 g/mol. The molecule has 0 fully saturated rings. The summed E-state index contributed by atoms with van der Waals surface area (Å²) in [5.74, 6) is -0.671. The minimum Gasteiger partial charge on any atom is -0.466 e. The Morgan fingerprint density at radius 2 is 2.25 bits per heavy atom. The van der Waals surface area contributed by atoms with Gasteiger partial charge in [0.2, 0.25) is 0 Å². The fourth-order valence-electron chi connectivity index (χ4n) is 2.41. The van der Waals surface area contributed by atoms with Crippen molar-refractivity contribution in [3.8, 4) is 5.75 Å². The van der Waals surface area contributed by atoms with Crippen molar-refractivity contribution >= 4 is 29.1 Å². The first-order chi connectivity index (χ1) is 11.3. The summed E-state index contributed by atoms with van der Waals surface area (Å²) in [6, 6.07) is 4.83. The zero-order chi connectivity index (χ0) is 17.5. The van der Waals surface area contributed by atoms with Crippen LogP contribution in [0, 0.1) is 6.92 Å². The lowest BCUT2D eigenvalue weighted by Crippen LogP contribution is -2.58. The molecule has 1 aromatic carbocycles. The molecule has 0 saturated heterocycles. The second-order valence-corrected chi connectivity index (χ2v) is 6.23. The summed E-state index contributed by atoms with van der Waals surface area (Å²) >= 11 is 5.90. The fraction of sp³-hybridized carbons (Fsp3) is 0.312. The van der Waals surface area contributed by atoms with Gasteiger partial charge in [-0.1, -0.05) is 11.6 Å². The van der Waals surface area contributed by atoms with Gasteiger partial charge in [0.15, 0.2) is 0 Å². The molecule has 1 aliphatic heterocycles. The number of anilines is 1. The number of carbonyl (C=O) groups excluding carboxylic acids is 2. The Bertz CT molecular complexity index is 833. The fourth-order valence-corrected chi connectivity index (χ4v) is 2.58. The summed E-state index contributed by atoms with van der Waals surface area (Å²) < 4.78 is 7.38. The zero-order valence-electron chi connectivity index (χ0n) is 13.5. The predicted octanol–water partition coefficient (Wildman–Crippen LogP) is 1.79. The second kappa shape index (κ2) is 5.83. The number of amides is 2. The highest BCUT2D eigenvalue weighted by molar-refractivity contribution is 6.31. The number of fused-ring (bicyclic) bond motifs is 1. The van der Waals surface area contributed by atoms with Crippen molar-refractivity contribution in [3.63, 3.8) is 0 Å². The first-order valence-corrected chi connectivity index (χ1v) is 7.75. The summed E-state index contributed by atoms with van der Waals surface area (Å²) in [6.07, 6.45) is 1.68. The molecule has 1 atom stereocenters. The highest BCUT2D eigenvalue weighted by Gasteiger charge is 2.47. The third kappa shape index (κ3) is 2.71. The Kier molecular flexibility index (Phi) is 3.96. The third-order valence-corrected chi connectivity index (χ3v) is 4.38. The lowest BCUT2D eigenvalue weighted by molar-refractivity contribution is -0.146. The van der Waals surface area contributed by atoms with E-state index in [-0.39, 0.29) is 6.54 Å². The quantitative estimate of drug-likeness (QED) is 0.828. The van der Waals surface area contributed by atoms with Crippen molar-refractivity contribution in [1.82, 2.24) is 15.1 Å². The molecule has 2 aromatic rings. The van der Waals surface area contributed by atoms with E-state index in [9.17, 15) is 9.59 Å². The summed E-state index contributed by atoms with van der Waals surface area (Å²) in [5, 5.41) is 9.98. The standard InChI is InChI=1S/C16H17ClN4O3/c1-9-10(8-19-21(9)3)7-18-14(22)16(2)15(23)20-12-6-11(17)4-5-13(12)24-16/h4-6,8H,7H2,1-3H3,(H,18,22)(H,20,23). The first-order valence-electron chi connectivity index (χ1n) is 7.37. The molecule has 2 N–H and O–H groups in total. The van der Waals surface area contributed by atoms with Crippen molar-refractivity contribution in [2.24, 2.45) is 7.05 Å². The normalized spacial score (nSPS) is 19.2. The number of nitrogens with one attached hydrogen (secondary N) is 2. The average Bonchev–Trinajstić information content (AvgIpc) is 2.86. The Hall–Kier alpha value is -2.54. The summed E-state index contributed by atoms with van der Waals surface area (Å²) in [5.41, 5.74) is 0.602. The molecule has 126 valence electrons. The van der Waals surface area contributed by atoms with Crippen LogP contribution >= 0.6 is 11.6 Å². The Morgan fingerprint density at radius 3 is 2.92 bits per heavy atom. The number of aromatic nitrogens is 2. The SMILES string of the molecule is Cc1c(CNC(=O)C2(C)Oc3ccc(Cl)cc3NC2=O)cnn1C. The van der Waals surface area contributed by atoms with E-state index in [1.54, 1.807) is 29.1 Å². The predicted molar refractivity (Wildman–Crippen MR) is 88.9 cm³/mol. The molecule has 0 bridgehead atoms. The van der Waals surface area contributed by atoms with Crippen LogP contribution in [-0.2, 0) is 23.2 Å². The molecular weight excluding hydrogens is 332 g/mol. The maximum atomic E-state index is 12.5. The van der Waals surface area contributed by atoms with Gasteiger partial charge in [0.1, 0.15) is 5.75 Å². The largest absolute Gasteiger partial charge is 0.466 e. The molecular formula is C16H17ClN4O3. The molecule has 2 heterocycles. The molecule has 7 nitrogen and oxygen atoms in total. The van der Waals surface area contributed by atoms with Crippen LogP contribution in [0.5, 0.6) is 5.75 Å². The van der Waals surface area contributed by atoms with Gasteiger partial charge in [0.25, 0.3) is 17.4 Å². The van der Waals surface area contributed by atoms with Gasteiger partial charge < -0.3 is 15.4 Å². The van der Waals surface area contributed by atoms with Crippen LogP contribution < -0.4 is 15.4 Å². The molecule has 1 aliphatic rings. The van der Waals surface area contributed by atoms with Crippen LogP contribution in [0.2, 0.25) is 5.02 Å². The number of benzene rings is 1. The number of rotatable bonds is 3. The highest BCUT2D eigenvalue weighted by atomic mass is 35.5. The van der Waals surface area contributed by atoms with Gasteiger partial charge in [0.05, 0.1) is 11.9 Å². The molecule has 3 rings (SSSR count). The Balaban J connectivity index is 1.77. The number of nitrogens with zero attached hydrogens (tertiary/aromatic N) is 2. The van der Waals surface area contributed by atoms with Crippen molar-refractivity contribution < 1.29 is 14.3 Å². The van der Waals surface area contributed by atoms with Gasteiger partial charge in [-0.2, -0.15) is 5.10 Å². The second-order valence-electron chi connectivity index (χ2n) is 5.79. The molecule has 8 heteroatoms. The summed E-state index contributed by atoms with van der Waals surface area (Å²) in [6.45, 7) is 3.60. The van der Waals surface area contributed by atoms with Crippen LogP contribution in [0.15, 0.2) is 24.4 Å². The van der Waals surface area contributed by atoms with Gasteiger partial charge in [-0.3, -0.25) is 14.3 Å². The minimum absolute atomic E-state index is 0.262. The van der Waals surface area contributed by atoms with E-state index in [2.05, 4.69) is 15.7 Å². The van der Waals surface area contributed by atoms with E-state index in [1.165, 1.54) is 6.92 Å². The lowest BCUT2D eigenvalue weighted by Gasteiger charge is -2.33. The molecule has 0 saturated carbocycles. The van der Waals surface area contributed by atoms with E-state index >= 15 is 0 Å². The Morgan fingerprint density at radius 1 is 1.50 bits per heavy atom. The Labute approximate surface area is 143 Å². The third-order valence-electron chi connectivity index (χ3n) is 4.15. The number of hydrogen-bond acceptors (Lipinski definition) is 4. The monoisotopic (exact) mass is 348 g/mol. The maximum Gasteiger partial charge on any atom is 0.278 e. The van der Waals surface area contributed by atoms with Gasteiger partial charge in [-0.05, 0) is 32.0 Å². The van der Waals surface area contributed by atoms with E-state index < -0.39 is 17.4 Å². The topological polar surface area (TPSA) is 85.2 Å². The van der Waals surface area contributed by atoms with Gasteiger partial charge in [0, 0.05) is 29.9 Å². The summed E-state index contributed by atoms with van der Waals surface area (Å²) in [7, 11) is 1.82. The van der Waals surface area contributed by atoms with Crippen LogP contribution in [0.25, 0.3) is 0 Å². The van der Waals surface area contributed by atoms with Gasteiger partial charge in [-0.25, -0.2) is 0 Å². The molecule has 0 aliphatic carbocycles. The van der Waals surface area contributed by atoms with Crippen LogP contribution in [0.4, 0.5) is 5.69 Å². The van der Waals surface area contributed by atoms with Gasteiger partial charge >= 0.3 is 0 Å². The lowest BCUT2D eigenvalue weighted by atomic mass is 10.0. The molecule has 0 spiro atoms. The number of carbonyl (C=O) groups is 2. The number of hydrogen-bond donors (Lipinski definition) is 2. The number of halogens is 1. The molecule has 1 unspecified atom stereocenters. The van der Waals surface area contributed by atoms with Crippen molar-refractivity contribution in [2.75, 3.05) is 5.32 Å². The van der Waals surface area contributed by atoms with Crippen LogP contribution in [0.3, 0.4) is 0 Å². The molecule has 0 radical (unpaired) electrons. The van der Waals surface area contributed by atoms with E-state index in [0.29, 0.717) is 16.5 Å². The number of ether oxygens (including phenoxy) is 1. The molecule has 1 aromatic heterocycles. The van der Waals surface area contributed by atoms with Crippen molar-refractivity contribution in [1.29, 1.82) is 0 Å². The maximum absolute atomic E-state index is 12.5. The molecule has 24 heavy (non-hydrogen) atoms. The minimum atomic E-state index is -1.66. The van der Waals surface area contributed by atoms with Crippen molar-refractivity contribution in [2.45, 2.75) is 26.0 Å². The number of aryl methyl sites for hydroxylation is 1. The van der Waals surface area contributed by atoms with E-state index in [0.717, 1.165) is 11.3 Å². The van der Waals surface area contributed by atoms with Crippen LogP contribution in [-0.4, -0.2) is 27.2 Å². The van der Waals surface area contributed by atoms with Gasteiger partial charge in [-0.15, -0.1) is 0 Å². The van der Waals surface area contributed by atoms with E-state index in [4.69, 9.17) is 16.3 Å². The van der Waals surface area contributed by atoms with Crippen molar-refractivity contribution in [3.05, 3.63) is 40.7 Å². The molecule has 2 amide bonds. The highest BCUT2D eigenvalue weighted by Crippen LogP contribution is 2.35. The summed E-state index contributed by atoms with van der Waals surface area (Å²) in [4.78, 5) is 24.9. The smallest absolute Gasteiger partial charge is 0.278 e. The zero-order valence-corrected chi connectivity index (χ0v) is 14.3. The first kappa shape index (κ1) is 16.3. The van der Waals surface area contributed by atoms with Crippen LogP contribution in [0.1, 0.15) is 18.2 Å².